The Kier molecular flexibility index (Phi) is 5.04. The van der Waals surface area contributed by atoms with E-state index < -0.39 is 15.8 Å². The van der Waals surface area contributed by atoms with E-state index in [9.17, 15) is 12.8 Å². The highest BCUT2D eigenvalue weighted by atomic mass is 79.9. The molecule has 4 nitrogen and oxygen atoms in total. The Balaban J connectivity index is 2.04. The summed E-state index contributed by atoms with van der Waals surface area (Å²) in [7, 11) is -3.67. The Morgan fingerprint density at radius 3 is 2.65 bits per heavy atom. The fourth-order valence-electron chi connectivity index (χ4n) is 2.52. The van der Waals surface area contributed by atoms with Gasteiger partial charge in [-0.25, -0.2) is 17.5 Å². The number of sulfonamides is 1. The van der Waals surface area contributed by atoms with Crippen LogP contribution in [0.15, 0.2) is 21.5 Å². The average molecular weight is 365 g/mol. The monoisotopic (exact) mass is 364 g/mol. The zero-order chi connectivity index (χ0) is 14.8. The number of hydrogen-bond acceptors (Lipinski definition) is 3. The first kappa shape index (κ1) is 15.7. The van der Waals surface area contributed by atoms with Crippen LogP contribution in [0.4, 0.5) is 10.1 Å². The average Bonchev–Trinajstić information content (AvgIpc) is 2.86. The van der Waals surface area contributed by atoms with E-state index in [1.54, 1.807) is 0 Å². The van der Waals surface area contributed by atoms with Crippen molar-refractivity contribution in [3.05, 3.63) is 22.4 Å². The molecule has 0 atom stereocenters. The Bertz CT molecular complexity index is 586. The minimum absolute atomic E-state index is 0.0252. The van der Waals surface area contributed by atoms with Gasteiger partial charge < -0.3 is 5.73 Å². The van der Waals surface area contributed by atoms with E-state index in [0.717, 1.165) is 18.6 Å². The van der Waals surface area contributed by atoms with E-state index in [-0.39, 0.29) is 15.1 Å². The first-order chi connectivity index (χ1) is 9.40. The van der Waals surface area contributed by atoms with Gasteiger partial charge in [-0.15, -0.1) is 0 Å². The van der Waals surface area contributed by atoms with Crippen molar-refractivity contribution in [3.8, 4) is 0 Å². The van der Waals surface area contributed by atoms with Crippen molar-refractivity contribution in [1.29, 1.82) is 0 Å². The zero-order valence-electron chi connectivity index (χ0n) is 11.0. The highest BCUT2D eigenvalue weighted by molar-refractivity contribution is 9.10. The second kappa shape index (κ2) is 6.41. The molecule has 0 radical (unpaired) electrons. The minimum atomic E-state index is -3.67. The van der Waals surface area contributed by atoms with Crippen LogP contribution in [0.1, 0.15) is 32.1 Å². The lowest BCUT2D eigenvalue weighted by molar-refractivity contribution is 0.495. The summed E-state index contributed by atoms with van der Waals surface area (Å²) in [4.78, 5) is -0.0252. The lowest BCUT2D eigenvalue weighted by Crippen LogP contribution is -2.26. The maximum Gasteiger partial charge on any atom is 0.241 e. The summed E-state index contributed by atoms with van der Waals surface area (Å²) in [5.41, 5.74) is 5.25. The van der Waals surface area contributed by atoms with Gasteiger partial charge in [0, 0.05) is 11.0 Å². The van der Waals surface area contributed by atoms with Crippen LogP contribution >= 0.6 is 15.9 Å². The highest BCUT2D eigenvalue weighted by Gasteiger charge is 2.21. The lowest BCUT2D eigenvalue weighted by atomic mass is 10.1. The molecule has 2 rings (SSSR count). The molecular formula is C13H18BrFN2O2S. The summed E-state index contributed by atoms with van der Waals surface area (Å²) < 4.78 is 40.3. The Labute approximate surface area is 127 Å². The molecular weight excluding hydrogens is 347 g/mol. The maximum absolute atomic E-state index is 13.2. The number of hydrogen-bond donors (Lipinski definition) is 2. The predicted octanol–water partition coefficient (Wildman–Crippen LogP) is 3.03. The first-order valence-electron chi connectivity index (χ1n) is 6.64. The molecule has 20 heavy (non-hydrogen) atoms. The van der Waals surface area contributed by atoms with E-state index in [1.807, 2.05) is 0 Å². The molecule has 3 N–H and O–H groups in total. The molecule has 1 aliphatic carbocycles. The van der Waals surface area contributed by atoms with E-state index >= 15 is 0 Å². The van der Waals surface area contributed by atoms with Crippen molar-refractivity contribution in [1.82, 2.24) is 4.72 Å². The van der Waals surface area contributed by atoms with Gasteiger partial charge in [0.25, 0.3) is 0 Å². The summed E-state index contributed by atoms with van der Waals surface area (Å²) >= 11 is 3.06. The van der Waals surface area contributed by atoms with Crippen LogP contribution in [0.25, 0.3) is 0 Å². The Morgan fingerprint density at radius 2 is 2.00 bits per heavy atom. The van der Waals surface area contributed by atoms with Crippen LogP contribution in [0.5, 0.6) is 0 Å². The van der Waals surface area contributed by atoms with Crippen LogP contribution < -0.4 is 10.5 Å². The normalized spacial score (nSPS) is 16.7. The first-order valence-corrected chi connectivity index (χ1v) is 8.92. The fourth-order valence-corrected chi connectivity index (χ4v) is 4.62. The summed E-state index contributed by atoms with van der Waals surface area (Å²) in [5.74, 6) is -0.0267. The largest absolute Gasteiger partial charge is 0.396 e. The predicted molar refractivity (Wildman–Crippen MR) is 80.3 cm³/mol. The van der Waals surface area contributed by atoms with Crippen molar-refractivity contribution in [2.45, 2.75) is 37.0 Å². The van der Waals surface area contributed by atoms with Crippen molar-refractivity contribution in [2.75, 3.05) is 12.3 Å². The van der Waals surface area contributed by atoms with Crippen LogP contribution in [-0.2, 0) is 10.0 Å². The van der Waals surface area contributed by atoms with Gasteiger partial charge in [-0.2, -0.15) is 0 Å². The van der Waals surface area contributed by atoms with Crippen LogP contribution in [-0.4, -0.2) is 15.0 Å². The molecule has 0 amide bonds. The summed E-state index contributed by atoms with van der Waals surface area (Å²) in [6.45, 7) is 0.400. The van der Waals surface area contributed by atoms with E-state index in [0.29, 0.717) is 12.5 Å². The molecule has 0 spiro atoms. The van der Waals surface area contributed by atoms with Gasteiger partial charge >= 0.3 is 0 Å². The summed E-state index contributed by atoms with van der Waals surface area (Å²) in [6.07, 6.45) is 5.66. The molecule has 1 aromatic rings. The number of nitrogens with two attached hydrogens (primary N) is 1. The molecule has 0 saturated heterocycles. The van der Waals surface area contributed by atoms with Crippen molar-refractivity contribution >= 4 is 31.6 Å². The Hall–Kier alpha value is -0.660. The second-order valence-electron chi connectivity index (χ2n) is 5.14. The molecule has 1 saturated carbocycles. The molecule has 0 bridgehead atoms. The van der Waals surface area contributed by atoms with Gasteiger partial charge in [0.15, 0.2) is 0 Å². The summed E-state index contributed by atoms with van der Waals surface area (Å²) in [5, 5.41) is 0. The minimum Gasteiger partial charge on any atom is -0.396 e. The molecule has 1 fully saturated rings. The van der Waals surface area contributed by atoms with Crippen molar-refractivity contribution in [3.63, 3.8) is 0 Å². The van der Waals surface area contributed by atoms with Crippen LogP contribution in [0, 0.1) is 11.7 Å². The third-order valence-electron chi connectivity index (χ3n) is 3.66. The zero-order valence-corrected chi connectivity index (χ0v) is 13.4. The van der Waals surface area contributed by atoms with E-state index in [2.05, 4.69) is 20.7 Å². The maximum atomic E-state index is 13.2. The SMILES string of the molecule is Nc1cc(S(=O)(=O)NCCC2CCCC2)c(Br)cc1F. The topological polar surface area (TPSA) is 72.2 Å². The third kappa shape index (κ3) is 3.71. The van der Waals surface area contributed by atoms with Gasteiger partial charge in [0.05, 0.1) is 10.6 Å². The number of halogens is 2. The van der Waals surface area contributed by atoms with Crippen LogP contribution in [0.3, 0.4) is 0 Å². The lowest BCUT2D eigenvalue weighted by Gasteiger charge is -2.12. The standard InChI is InChI=1S/C13H18BrFN2O2S/c14-10-7-11(15)12(16)8-13(10)20(18,19)17-6-5-9-3-1-2-4-9/h7-9,17H,1-6,16H2. The molecule has 1 aromatic carbocycles. The van der Waals surface area contributed by atoms with Crippen molar-refractivity contribution < 1.29 is 12.8 Å². The second-order valence-corrected chi connectivity index (χ2v) is 7.73. The van der Waals surface area contributed by atoms with E-state index in [4.69, 9.17) is 5.73 Å². The van der Waals surface area contributed by atoms with E-state index in [1.165, 1.54) is 25.7 Å². The Morgan fingerprint density at radius 1 is 1.35 bits per heavy atom. The van der Waals surface area contributed by atoms with Gasteiger partial charge in [0.2, 0.25) is 10.0 Å². The molecule has 7 heteroatoms. The molecule has 0 aliphatic heterocycles. The quantitative estimate of drug-likeness (QED) is 0.788. The summed E-state index contributed by atoms with van der Waals surface area (Å²) in [6, 6.07) is 2.21. The third-order valence-corrected chi connectivity index (χ3v) is 6.08. The van der Waals surface area contributed by atoms with Gasteiger partial charge in [0.1, 0.15) is 5.82 Å². The van der Waals surface area contributed by atoms with Crippen LogP contribution in [0.2, 0.25) is 0 Å². The van der Waals surface area contributed by atoms with Crippen molar-refractivity contribution in [2.24, 2.45) is 5.92 Å². The number of benzene rings is 1. The number of rotatable bonds is 5. The van der Waals surface area contributed by atoms with Gasteiger partial charge in [-0.1, -0.05) is 25.7 Å². The smallest absolute Gasteiger partial charge is 0.241 e. The fraction of sp³-hybridized carbons (Fsp3) is 0.538. The molecule has 112 valence electrons. The van der Waals surface area contributed by atoms with Gasteiger partial charge in [-0.05, 0) is 40.4 Å². The molecule has 1 aliphatic rings. The molecule has 0 unspecified atom stereocenters. The number of nitrogens with one attached hydrogen (secondary N) is 1. The van der Waals surface area contributed by atoms with Gasteiger partial charge in [-0.3, -0.25) is 0 Å². The highest BCUT2D eigenvalue weighted by Crippen LogP contribution is 2.28. The number of nitrogen functional groups attached to an aromatic ring is 1. The number of anilines is 1. The molecule has 0 heterocycles. The molecule has 0 aromatic heterocycles.